The van der Waals surface area contributed by atoms with E-state index in [1.165, 1.54) is 18.2 Å². The van der Waals surface area contributed by atoms with Crippen LogP contribution >= 0.6 is 11.6 Å². The first kappa shape index (κ1) is 12.8. The van der Waals surface area contributed by atoms with Crippen LogP contribution in [0, 0.1) is 17.5 Å². The quantitative estimate of drug-likeness (QED) is 0.740. The van der Waals surface area contributed by atoms with E-state index in [-0.39, 0.29) is 22.9 Å². The van der Waals surface area contributed by atoms with Gasteiger partial charge in [-0.05, 0) is 12.1 Å². The van der Waals surface area contributed by atoms with Crippen LogP contribution in [0.3, 0.4) is 0 Å². The van der Waals surface area contributed by atoms with E-state index in [0.29, 0.717) is 0 Å². The Morgan fingerprint density at radius 3 is 2.28 bits per heavy atom. The average Bonchev–Trinajstić information content (AvgIpc) is 2.27. The van der Waals surface area contributed by atoms with E-state index in [2.05, 4.69) is 0 Å². The van der Waals surface area contributed by atoms with Gasteiger partial charge in [0.1, 0.15) is 29.0 Å². The Morgan fingerprint density at radius 2 is 1.67 bits per heavy atom. The zero-order valence-corrected chi connectivity index (χ0v) is 9.85. The van der Waals surface area contributed by atoms with E-state index >= 15 is 0 Å². The minimum Gasteiger partial charge on any atom is -0.457 e. The fourth-order valence-electron chi connectivity index (χ4n) is 1.48. The highest BCUT2D eigenvalue weighted by Gasteiger charge is 2.10. The van der Waals surface area contributed by atoms with Crippen molar-refractivity contribution in [3.8, 4) is 11.5 Å². The molecule has 0 spiro atoms. The Hall–Kier alpha value is -1.68. The third-order valence-electron chi connectivity index (χ3n) is 2.27. The summed E-state index contributed by atoms with van der Waals surface area (Å²) in [5.41, 5.74) is 0.142. The maximum atomic E-state index is 13.4. The summed E-state index contributed by atoms with van der Waals surface area (Å²) in [7, 11) is 0. The minimum atomic E-state index is -0.770. The highest BCUT2D eigenvalue weighted by atomic mass is 35.5. The molecule has 0 amide bonds. The molecular weight excluding hydrogens is 265 g/mol. The minimum absolute atomic E-state index is 0.0514. The lowest BCUT2D eigenvalue weighted by Crippen LogP contribution is -1.94. The van der Waals surface area contributed by atoms with Crippen LogP contribution in [0.15, 0.2) is 36.4 Å². The lowest BCUT2D eigenvalue weighted by molar-refractivity contribution is 0.458. The molecule has 0 atom stereocenters. The summed E-state index contributed by atoms with van der Waals surface area (Å²) in [5.74, 6) is -2.08. The fourth-order valence-corrected chi connectivity index (χ4v) is 1.74. The molecule has 0 N–H and O–H groups in total. The summed E-state index contributed by atoms with van der Waals surface area (Å²) in [6, 6.07) is 6.87. The number of halogens is 4. The smallest absolute Gasteiger partial charge is 0.134 e. The summed E-state index contributed by atoms with van der Waals surface area (Å²) in [4.78, 5) is 0. The molecule has 0 saturated heterocycles. The van der Waals surface area contributed by atoms with Crippen molar-refractivity contribution in [3.05, 3.63) is 59.4 Å². The van der Waals surface area contributed by atoms with Gasteiger partial charge in [-0.1, -0.05) is 6.07 Å². The van der Waals surface area contributed by atoms with Gasteiger partial charge in [-0.15, -0.1) is 11.6 Å². The highest BCUT2D eigenvalue weighted by molar-refractivity contribution is 6.17. The van der Waals surface area contributed by atoms with Gasteiger partial charge in [-0.3, -0.25) is 0 Å². The predicted octanol–water partition coefficient (Wildman–Crippen LogP) is 4.64. The predicted molar refractivity (Wildman–Crippen MR) is 62.4 cm³/mol. The van der Waals surface area contributed by atoms with Gasteiger partial charge in [0.25, 0.3) is 0 Å². The Kier molecular flexibility index (Phi) is 3.77. The third kappa shape index (κ3) is 2.76. The number of alkyl halides is 1. The first-order chi connectivity index (χ1) is 8.60. The van der Waals surface area contributed by atoms with Gasteiger partial charge in [0.05, 0.1) is 5.88 Å². The standard InChI is InChI=1S/C13H8ClF3O/c14-7-11-12(17)2-1-3-13(11)18-10-5-8(15)4-9(16)6-10/h1-6H,7H2. The molecule has 0 aliphatic carbocycles. The van der Waals surface area contributed by atoms with E-state index < -0.39 is 17.5 Å². The molecular formula is C13H8ClF3O. The van der Waals surface area contributed by atoms with Crippen LogP contribution in [0.1, 0.15) is 5.56 Å². The Bertz CT molecular complexity index is 552. The van der Waals surface area contributed by atoms with Gasteiger partial charge in [-0.25, -0.2) is 13.2 Å². The monoisotopic (exact) mass is 272 g/mol. The first-order valence-electron chi connectivity index (χ1n) is 5.07. The van der Waals surface area contributed by atoms with E-state index in [1.807, 2.05) is 0 Å². The van der Waals surface area contributed by atoms with Gasteiger partial charge in [0.15, 0.2) is 0 Å². The molecule has 0 aromatic heterocycles. The molecule has 0 unspecified atom stereocenters. The van der Waals surface area contributed by atoms with Crippen LogP contribution in [0.4, 0.5) is 13.2 Å². The van der Waals surface area contributed by atoms with Crippen LogP contribution in [-0.2, 0) is 5.88 Å². The summed E-state index contributed by atoms with van der Waals surface area (Å²) < 4.78 is 44.6. The number of hydrogen-bond donors (Lipinski definition) is 0. The van der Waals surface area contributed by atoms with Crippen LogP contribution < -0.4 is 4.74 Å². The molecule has 94 valence electrons. The van der Waals surface area contributed by atoms with Crippen LogP contribution in [0.5, 0.6) is 11.5 Å². The molecule has 0 heterocycles. The second kappa shape index (κ2) is 5.31. The second-order valence-corrected chi connectivity index (χ2v) is 3.82. The van der Waals surface area contributed by atoms with Crippen molar-refractivity contribution in [2.75, 3.05) is 0 Å². The number of hydrogen-bond acceptors (Lipinski definition) is 1. The van der Waals surface area contributed by atoms with Crippen molar-refractivity contribution in [2.24, 2.45) is 0 Å². The van der Waals surface area contributed by atoms with Crippen molar-refractivity contribution in [1.29, 1.82) is 0 Å². The molecule has 18 heavy (non-hydrogen) atoms. The molecule has 0 bridgehead atoms. The van der Waals surface area contributed by atoms with Crippen molar-refractivity contribution < 1.29 is 17.9 Å². The van der Waals surface area contributed by atoms with Gasteiger partial charge in [0.2, 0.25) is 0 Å². The van der Waals surface area contributed by atoms with Crippen molar-refractivity contribution in [1.82, 2.24) is 0 Å². The first-order valence-corrected chi connectivity index (χ1v) is 5.61. The molecule has 5 heteroatoms. The number of rotatable bonds is 3. The molecule has 1 nitrogen and oxygen atoms in total. The van der Waals surface area contributed by atoms with Crippen molar-refractivity contribution in [3.63, 3.8) is 0 Å². The molecule has 0 aliphatic heterocycles. The van der Waals surface area contributed by atoms with E-state index in [4.69, 9.17) is 16.3 Å². The van der Waals surface area contributed by atoms with Crippen LogP contribution in [-0.4, -0.2) is 0 Å². The zero-order chi connectivity index (χ0) is 13.1. The Labute approximate surface area is 107 Å². The normalized spacial score (nSPS) is 10.4. The van der Waals surface area contributed by atoms with E-state index in [9.17, 15) is 13.2 Å². The lowest BCUT2D eigenvalue weighted by atomic mass is 10.2. The number of benzene rings is 2. The molecule has 0 aliphatic rings. The SMILES string of the molecule is Fc1cc(F)cc(Oc2cccc(F)c2CCl)c1. The lowest BCUT2D eigenvalue weighted by Gasteiger charge is -2.10. The van der Waals surface area contributed by atoms with E-state index in [0.717, 1.165) is 18.2 Å². The molecule has 2 rings (SSSR count). The topological polar surface area (TPSA) is 9.23 Å². The van der Waals surface area contributed by atoms with E-state index in [1.54, 1.807) is 0 Å². The van der Waals surface area contributed by atoms with Crippen LogP contribution in [0.25, 0.3) is 0 Å². The summed E-state index contributed by atoms with van der Waals surface area (Å²) in [6.45, 7) is 0. The molecule has 2 aromatic carbocycles. The van der Waals surface area contributed by atoms with Crippen LogP contribution in [0.2, 0.25) is 0 Å². The summed E-state index contributed by atoms with van der Waals surface area (Å²) in [5, 5.41) is 0. The molecule has 0 radical (unpaired) electrons. The fraction of sp³-hybridized carbons (Fsp3) is 0.0769. The Balaban J connectivity index is 2.36. The largest absolute Gasteiger partial charge is 0.457 e. The molecule has 0 saturated carbocycles. The van der Waals surface area contributed by atoms with Gasteiger partial charge in [-0.2, -0.15) is 0 Å². The summed E-state index contributed by atoms with van der Waals surface area (Å²) >= 11 is 5.60. The molecule has 0 fully saturated rings. The van der Waals surface area contributed by atoms with Gasteiger partial charge in [0, 0.05) is 23.8 Å². The maximum Gasteiger partial charge on any atom is 0.134 e. The molecule has 2 aromatic rings. The second-order valence-electron chi connectivity index (χ2n) is 3.56. The van der Waals surface area contributed by atoms with Crippen molar-refractivity contribution >= 4 is 11.6 Å². The maximum absolute atomic E-state index is 13.4. The van der Waals surface area contributed by atoms with Gasteiger partial charge >= 0.3 is 0 Å². The van der Waals surface area contributed by atoms with Crippen molar-refractivity contribution in [2.45, 2.75) is 5.88 Å². The summed E-state index contributed by atoms with van der Waals surface area (Å²) in [6.07, 6.45) is 0. The van der Waals surface area contributed by atoms with Gasteiger partial charge < -0.3 is 4.74 Å². The zero-order valence-electron chi connectivity index (χ0n) is 9.09. The number of ether oxygens (including phenoxy) is 1. The third-order valence-corrected chi connectivity index (χ3v) is 2.54. The average molecular weight is 273 g/mol. The Morgan fingerprint density at radius 1 is 1.00 bits per heavy atom. The highest BCUT2D eigenvalue weighted by Crippen LogP contribution is 2.29.